The number of carbonyl (C=O) groups excluding carboxylic acids is 3. The van der Waals surface area contributed by atoms with Crippen LogP contribution >= 0.6 is 0 Å². The molecule has 0 rings (SSSR count). The lowest BCUT2D eigenvalue weighted by Crippen LogP contribution is -2.30. The van der Waals surface area contributed by atoms with E-state index in [0.29, 0.717) is 19.3 Å². The number of hydrogen-bond acceptors (Lipinski definition) is 6. The molecule has 0 saturated carbocycles. The summed E-state index contributed by atoms with van der Waals surface area (Å²) in [6.07, 6.45) is 56.8. The molecule has 0 aliphatic carbocycles. The van der Waals surface area contributed by atoms with Gasteiger partial charge in [0, 0.05) is 19.3 Å². The lowest BCUT2D eigenvalue weighted by molar-refractivity contribution is -0.167. The Balaban J connectivity index is 4.20. The second kappa shape index (κ2) is 52.4. The zero-order valence-corrected chi connectivity index (χ0v) is 43.8. The molecule has 0 amide bonds. The van der Waals surface area contributed by atoms with Gasteiger partial charge in [-0.05, 0) is 25.2 Å². The molecule has 0 bridgehead atoms. The molecule has 0 radical (unpaired) electrons. The Bertz CT molecular complexity index is 964. The van der Waals surface area contributed by atoms with Gasteiger partial charge in [-0.15, -0.1) is 0 Å². The Morgan fingerprint density at radius 1 is 0.297 bits per heavy atom. The third kappa shape index (κ3) is 51.4. The second-order valence-electron chi connectivity index (χ2n) is 20.4. The van der Waals surface area contributed by atoms with Crippen molar-refractivity contribution in [2.24, 2.45) is 5.92 Å². The van der Waals surface area contributed by atoms with Gasteiger partial charge in [-0.2, -0.15) is 0 Å². The zero-order chi connectivity index (χ0) is 46.7. The molecule has 6 heteroatoms. The Labute approximate surface area is 399 Å². The van der Waals surface area contributed by atoms with Crippen LogP contribution in [0.5, 0.6) is 0 Å². The monoisotopic (exact) mass is 905 g/mol. The van der Waals surface area contributed by atoms with E-state index in [2.05, 4.69) is 27.7 Å². The molecule has 64 heavy (non-hydrogen) atoms. The second-order valence-corrected chi connectivity index (χ2v) is 20.4. The number of esters is 3. The van der Waals surface area contributed by atoms with Crippen LogP contribution in [0.4, 0.5) is 0 Å². The van der Waals surface area contributed by atoms with Crippen molar-refractivity contribution >= 4 is 17.9 Å². The maximum absolute atomic E-state index is 12.8. The average Bonchev–Trinajstić information content (AvgIpc) is 3.28. The maximum atomic E-state index is 12.8. The van der Waals surface area contributed by atoms with E-state index in [9.17, 15) is 14.4 Å². The predicted octanol–water partition coefficient (Wildman–Crippen LogP) is 19.0. The first-order chi connectivity index (χ1) is 31.4. The molecule has 0 aromatic rings. The van der Waals surface area contributed by atoms with Crippen molar-refractivity contribution in [3.05, 3.63) is 0 Å². The van der Waals surface area contributed by atoms with Crippen molar-refractivity contribution < 1.29 is 28.6 Å². The zero-order valence-electron chi connectivity index (χ0n) is 43.8. The highest BCUT2D eigenvalue weighted by Gasteiger charge is 2.19. The number of hydrogen-bond donors (Lipinski definition) is 0. The Hall–Kier alpha value is -1.59. The summed E-state index contributed by atoms with van der Waals surface area (Å²) in [6, 6.07) is 0. The van der Waals surface area contributed by atoms with Gasteiger partial charge in [0.2, 0.25) is 0 Å². The van der Waals surface area contributed by atoms with E-state index >= 15 is 0 Å². The fraction of sp³-hybridized carbons (Fsp3) is 0.948. The van der Waals surface area contributed by atoms with Gasteiger partial charge in [0.1, 0.15) is 13.2 Å². The van der Waals surface area contributed by atoms with Gasteiger partial charge in [-0.1, -0.05) is 291 Å². The highest BCUT2D eigenvalue weighted by atomic mass is 16.6. The largest absolute Gasteiger partial charge is 0.462 e. The minimum Gasteiger partial charge on any atom is -0.462 e. The minimum atomic E-state index is -0.762. The van der Waals surface area contributed by atoms with Crippen LogP contribution in [0.1, 0.15) is 329 Å². The van der Waals surface area contributed by atoms with Gasteiger partial charge in [-0.25, -0.2) is 0 Å². The third-order valence-electron chi connectivity index (χ3n) is 13.3. The van der Waals surface area contributed by atoms with E-state index in [-0.39, 0.29) is 31.1 Å². The molecule has 0 aromatic heterocycles. The SMILES string of the molecule is CCCCCCCCCCCCCCCCCCCCCC(=O)OC[C@H](COC(=O)CCCCCCCCCCCCCCCCCCC)OC(=O)CCCCCCCCCC(C)C. The van der Waals surface area contributed by atoms with E-state index in [1.165, 1.54) is 225 Å². The van der Waals surface area contributed by atoms with Crippen LogP contribution in [0, 0.1) is 5.92 Å². The maximum Gasteiger partial charge on any atom is 0.306 e. The molecule has 380 valence electrons. The van der Waals surface area contributed by atoms with Crippen molar-refractivity contribution in [3.63, 3.8) is 0 Å². The van der Waals surface area contributed by atoms with Crippen LogP contribution in [0.25, 0.3) is 0 Å². The van der Waals surface area contributed by atoms with Crippen molar-refractivity contribution in [3.8, 4) is 0 Å². The van der Waals surface area contributed by atoms with E-state index in [1.54, 1.807) is 0 Å². The molecule has 1 atom stereocenters. The topological polar surface area (TPSA) is 78.9 Å². The molecular formula is C58H112O6. The smallest absolute Gasteiger partial charge is 0.306 e. The minimum absolute atomic E-state index is 0.0630. The van der Waals surface area contributed by atoms with Crippen LogP contribution in [-0.2, 0) is 28.6 Å². The van der Waals surface area contributed by atoms with Crippen LogP contribution in [0.3, 0.4) is 0 Å². The van der Waals surface area contributed by atoms with Crippen LogP contribution in [0.2, 0.25) is 0 Å². The molecule has 0 unspecified atom stereocenters. The standard InChI is InChI=1S/C58H112O6/c1-5-7-9-11-13-15-17-19-21-23-24-26-28-30-32-34-38-42-46-50-57(60)63-53-55(64-58(61)51-47-43-39-35-36-40-44-48-54(3)4)52-62-56(59)49-45-41-37-33-31-29-27-25-22-20-18-16-14-12-10-8-6-2/h54-55H,5-53H2,1-4H3/t55-/m0/s1. The average molecular weight is 906 g/mol. The van der Waals surface area contributed by atoms with Crippen molar-refractivity contribution in [1.29, 1.82) is 0 Å². The molecule has 0 aromatic carbocycles. The molecule has 0 heterocycles. The highest BCUT2D eigenvalue weighted by molar-refractivity contribution is 5.71. The Kier molecular flexibility index (Phi) is 51.1. The van der Waals surface area contributed by atoms with Gasteiger partial charge in [0.15, 0.2) is 6.10 Å². The van der Waals surface area contributed by atoms with Crippen LogP contribution in [0.15, 0.2) is 0 Å². The number of ether oxygens (including phenoxy) is 3. The normalized spacial score (nSPS) is 12.0. The van der Waals surface area contributed by atoms with E-state index in [0.717, 1.165) is 63.7 Å². The molecular weight excluding hydrogens is 793 g/mol. The summed E-state index contributed by atoms with van der Waals surface area (Å²) >= 11 is 0. The van der Waals surface area contributed by atoms with E-state index < -0.39 is 6.10 Å². The molecule has 0 aliphatic heterocycles. The molecule has 0 N–H and O–H groups in total. The first-order valence-corrected chi connectivity index (χ1v) is 28.9. The van der Waals surface area contributed by atoms with Gasteiger partial charge in [0.25, 0.3) is 0 Å². The molecule has 0 spiro atoms. The number of carbonyl (C=O) groups is 3. The lowest BCUT2D eigenvalue weighted by Gasteiger charge is -2.18. The lowest BCUT2D eigenvalue weighted by atomic mass is 10.0. The number of rotatable bonds is 53. The van der Waals surface area contributed by atoms with Crippen molar-refractivity contribution in [2.45, 2.75) is 336 Å². The Morgan fingerprint density at radius 2 is 0.516 bits per heavy atom. The third-order valence-corrected chi connectivity index (χ3v) is 13.3. The van der Waals surface area contributed by atoms with Crippen LogP contribution < -0.4 is 0 Å². The molecule has 0 fully saturated rings. The summed E-state index contributed by atoms with van der Waals surface area (Å²) in [4.78, 5) is 38.1. The van der Waals surface area contributed by atoms with Gasteiger partial charge in [0.05, 0.1) is 0 Å². The summed E-state index contributed by atoms with van der Waals surface area (Å²) in [5.74, 6) is -0.0632. The van der Waals surface area contributed by atoms with Gasteiger partial charge < -0.3 is 14.2 Å². The summed E-state index contributed by atoms with van der Waals surface area (Å²) < 4.78 is 16.9. The fourth-order valence-electron chi connectivity index (χ4n) is 8.92. The quantitative estimate of drug-likeness (QED) is 0.0344. The van der Waals surface area contributed by atoms with E-state index in [4.69, 9.17) is 14.2 Å². The fourth-order valence-corrected chi connectivity index (χ4v) is 8.92. The number of unbranched alkanes of at least 4 members (excludes halogenated alkanes) is 40. The first kappa shape index (κ1) is 62.4. The summed E-state index contributed by atoms with van der Waals surface area (Å²) in [5.41, 5.74) is 0. The van der Waals surface area contributed by atoms with E-state index in [1.807, 2.05) is 0 Å². The van der Waals surface area contributed by atoms with Crippen molar-refractivity contribution in [2.75, 3.05) is 13.2 Å². The summed E-state index contributed by atoms with van der Waals surface area (Å²) in [7, 11) is 0. The summed E-state index contributed by atoms with van der Waals surface area (Å²) in [6.45, 7) is 9.01. The highest BCUT2D eigenvalue weighted by Crippen LogP contribution is 2.18. The Morgan fingerprint density at radius 3 is 0.766 bits per heavy atom. The molecule has 0 saturated heterocycles. The molecule has 0 aliphatic rings. The molecule has 6 nitrogen and oxygen atoms in total. The van der Waals surface area contributed by atoms with Crippen molar-refractivity contribution in [1.82, 2.24) is 0 Å². The van der Waals surface area contributed by atoms with Gasteiger partial charge in [-0.3, -0.25) is 14.4 Å². The van der Waals surface area contributed by atoms with Gasteiger partial charge >= 0.3 is 17.9 Å². The van der Waals surface area contributed by atoms with Crippen LogP contribution in [-0.4, -0.2) is 37.2 Å². The predicted molar refractivity (Wildman–Crippen MR) is 275 cm³/mol. The first-order valence-electron chi connectivity index (χ1n) is 28.9. The summed E-state index contributed by atoms with van der Waals surface area (Å²) in [5, 5.41) is 0.